The molecule has 0 saturated heterocycles. The summed E-state index contributed by atoms with van der Waals surface area (Å²) < 4.78 is 5.18. The van der Waals surface area contributed by atoms with E-state index in [2.05, 4.69) is 27.4 Å². The third-order valence-corrected chi connectivity index (χ3v) is 5.35. The molecule has 146 valence electrons. The molecule has 1 aromatic carbocycles. The van der Waals surface area contributed by atoms with Crippen LogP contribution in [0.5, 0.6) is 5.75 Å². The first kappa shape index (κ1) is 21.0. The minimum absolute atomic E-state index is 0.0209. The van der Waals surface area contributed by atoms with Gasteiger partial charge in [-0.15, -0.1) is 0 Å². The summed E-state index contributed by atoms with van der Waals surface area (Å²) in [5.41, 5.74) is 5.82. The number of phenols is 1. The van der Waals surface area contributed by atoms with Gasteiger partial charge in [0.15, 0.2) is 0 Å². The van der Waals surface area contributed by atoms with Crippen LogP contribution in [0.4, 0.5) is 0 Å². The van der Waals surface area contributed by atoms with Crippen LogP contribution in [0.25, 0.3) is 5.57 Å². The van der Waals surface area contributed by atoms with Gasteiger partial charge in [0.05, 0.1) is 12.2 Å². The molecule has 0 spiro atoms. The number of hydrogen-bond acceptors (Lipinski definition) is 3. The van der Waals surface area contributed by atoms with Crippen LogP contribution in [0, 0.1) is 5.41 Å². The van der Waals surface area contributed by atoms with Gasteiger partial charge in [-0.25, -0.2) is 4.79 Å². The molecule has 27 heavy (non-hydrogen) atoms. The number of phenolic OH excluding ortho intramolecular Hbond substituents is 1. The molecule has 0 aliphatic heterocycles. The van der Waals surface area contributed by atoms with Gasteiger partial charge in [-0.1, -0.05) is 39.0 Å². The van der Waals surface area contributed by atoms with Gasteiger partial charge in [0.25, 0.3) is 0 Å². The summed E-state index contributed by atoms with van der Waals surface area (Å²) in [4.78, 5) is 12.1. The predicted octanol–water partition coefficient (Wildman–Crippen LogP) is 6.45. The Labute approximate surface area is 163 Å². The summed E-state index contributed by atoms with van der Waals surface area (Å²) >= 11 is 0. The van der Waals surface area contributed by atoms with Gasteiger partial charge in [0.2, 0.25) is 0 Å². The first-order valence-electron chi connectivity index (χ1n) is 9.77. The molecule has 1 aliphatic carbocycles. The number of benzene rings is 1. The standard InChI is InChI=1S/C24H32O3/c1-7-14-27-23(26)18-11-12-19(20(25)15-18)21(16(3)8-2)22-17(4)10-9-13-24(22,5)6/h8,11-12,15,25H,2,7,9-10,13-14H2,1,3-6H3/b21-16-. The molecule has 1 N–H and O–H groups in total. The lowest BCUT2D eigenvalue weighted by molar-refractivity contribution is 0.0504. The highest BCUT2D eigenvalue weighted by Crippen LogP contribution is 2.49. The summed E-state index contributed by atoms with van der Waals surface area (Å²) in [7, 11) is 0. The summed E-state index contributed by atoms with van der Waals surface area (Å²) in [5.74, 6) is -0.308. The van der Waals surface area contributed by atoms with Gasteiger partial charge in [0, 0.05) is 5.56 Å². The van der Waals surface area contributed by atoms with Crippen molar-refractivity contribution >= 4 is 11.5 Å². The van der Waals surface area contributed by atoms with Gasteiger partial charge in [-0.2, -0.15) is 0 Å². The van der Waals surface area contributed by atoms with Crippen LogP contribution in [-0.2, 0) is 4.74 Å². The SMILES string of the molecule is C=C/C(C)=C(\C1=C(C)CCCC1(C)C)c1ccc(C(=O)OCCC)cc1O. The Balaban J connectivity index is 2.57. The van der Waals surface area contributed by atoms with Crippen LogP contribution in [0.1, 0.15) is 76.2 Å². The van der Waals surface area contributed by atoms with Gasteiger partial charge < -0.3 is 9.84 Å². The quantitative estimate of drug-likeness (QED) is 0.464. The summed E-state index contributed by atoms with van der Waals surface area (Å²) in [6.07, 6.45) is 5.95. The van der Waals surface area contributed by atoms with Crippen LogP contribution in [0.2, 0.25) is 0 Å². The van der Waals surface area contributed by atoms with E-state index in [-0.39, 0.29) is 11.2 Å². The zero-order valence-corrected chi connectivity index (χ0v) is 17.3. The van der Waals surface area contributed by atoms with Gasteiger partial charge in [-0.3, -0.25) is 0 Å². The van der Waals surface area contributed by atoms with E-state index in [1.165, 1.54) is 23.6 Å². The Morgan fingerprint density at radius 3 is 2.63 bits per heavy atom. The maximum Gasteiger partial charge on any atom is 0.338 e. The molecule has 2 rings (SSSR count). The Kier molecular flexibility index (Phi) is 6.69. The molecule has 1 aromatic rings. The van der Waals surface area contributed by atoms with Gasteiger partial charge in [-0.05, 0) is 79.9 Å². The van der Waals surface area contributed by atoms with Crippen molar-refractivity contribution in [2.24, 2.45) is 5.41 Å². The minimum atomic E-state index is -0.405. The van der Waals surface area contributed by atoms with Crippen molar-refractivity contribution in [1.29, 1.82) is 0 Å². The molecule has 0 fully saturated rings. The fourth-order valence-corrected chi connectivity index (χ4v) is 3.97. The smallest absolute Gasteiger partial charge is 0.338 e. The molecule has 0 atom stereocenters. The van der Waals surface area contributed by atoms with E-state index in [1.807, 2.05) is 26.0 Å². The summed E-state index contributed by atoms with van der Waals surface area (Å²) in [6.45, 7) is 15.0. The number of ether oxygens (including phenoxy) is 1. The van der Waals surface area contributed by atoms with E-state index >= 15 is 0 Å². The van der Waals surface area contributed by atoms with Crippen molar-refractivity contribution in [3.05, 3.63) is 58.7 Å². The largest absolute Gasteiger partial charge is 0.507 e. The molecule has 0 heterocycles. The predicted molar refractivity (Wildman–Crippen MR) is 112 cm³/mol. The lowest BCUT2D eigenvalue weighted by Gasteiger charge is -2.37. The molecular weight excluding hydrogens is 336 g/mol. The molecule has 0 aromatic heterocycles. The zero-order chi connectivity index (χ0) is 20.2. The minimum Gasteiger partial charge on any atom is -0.507 e. The second-order valence-corrected chi connectivity index (χ2v) is 8.02. The number of aromatic hydroxyl groups is 1. The molecule has 0 radical (unpaired) electrons. The Morgan fingerprint density at radius 1 is 1.37 bits per heavy atom. The molecule has 0 bridgehead atoms. The van der Waals surface area contributed by atoms with Crippen molar-refractivity contribution in [3.8, 4) is 5.75 Å². The van der Waals surface area contributed by atoms with E-state index < -0.39 is 5.97 Å². The first-order chi connectivity index (χ1) is 12.7. The van der Waals surface area contributed by atoms with Gasteiger partial charge in [0.1, 0.15) is 5.75 Å². The third-order valence-electron chi connectivity index (χ3n) is 5.35. The van der Waals surface area contributed by atoms with Crippen LogP contribution < -0.4 is 0 Å². The first-order valence-corrected chi connectivity index (χ1v) is 9.77. The van der Waals surface area contributed by atoms with Gasteiger partial charge >= 0.3 is 5.97 Å². The zero-order valence-electron chi connectivity index (χ0n) is 17.3. The van der Waals surface area contributed by atoms with E-state index in [1.54, 1.807) is 6.07 Å². The van der Waals surface area contributed by atoms with Crippen molar-refractivity contribution in [3.63, 3.8) is 0 Å². The number of allylic oxidation sites excluding steroid dienone is 5. The number of rotatable bonds is 6. The highest BCUT2D eigenvalue weighted by atomic mass is 16.5. The highest BCUT2D eigenvalue weighted by Gasteiger charge is 2.32. The van der Waals surface area contributed by atoms with Crippen LogP contribution in [0.3, 0.4) is 0 Å². The van der Waals surface area contributed by atoms with E-state index in [0.717, 1.165) is 36.0 Å². The fraction of sp³-hybridized carbons (Fsp3) is 0.458. The number of carbonyl (C=O) groups is 1. The normalized spacial score (nSPS) is 17.4. The summed E-state index contributed by atoms with van der Waals surface area (Å²) in [5, 5.41) is 10.8. The number of carbonyl (C=O) groups excluding carboxylic acids is 1. The maximum atomic E-state index is 12.1. The second-order valence-electron chi connectivity index (χ2n) is 8.02. The van der Waals surface area contributed by atoms with Crippen molar-refractivity contribution < 1.29 is 14.6 Å². The molecule has 0 saturated carbocycles. The second kappa shape index (κ2) is 8.60. The Bertz CT molecular complexity index is 794. The molecule has 3 heteroatoms. The molecular formula is C24H32O3. The average Bonchev–Trinajstić information content (AvgIpc) is 2.62. The number of esters is 1. The van der Waals surface area contributed by atoms with E-state index in [0.29, 0.717) is 12.2 Å². The Hall–Kier alpha value is -2.29. The Morgan fingerprint density at radius 2 is 2.07 bits per heavy atom. The molecule has 1 aliphatic rings. The highest BCUT2D eigenvalue weighted by molar-refractivity contribution is 5.93. The van der Waals surface area contributed by atoms with Crippen LogP contribution in [0.15, 0.2) is 47.6 Å². The van der Waals surface area contributed by atoms with Crippen molar-refractivity contribution in [2.75, 3.05) is 6.61 Å². The monoisotopic (exact) mass is 368 g/mol. The average molecular weight is 369 g/mol. The summed E-state index contributed by atoms with van der Waals surface area (Å²) in [6, 6.07) is 5.07. The van der Waals surface area contributed by atoms with E-state index in [9.17, 15) is 9.90 Å². The topological polar surface area (TPSA) is 46.5 Å². The third kappa shape index (κ3) is 4.52. The molecule has 0 amide bonds. The lowest BCUT2D eigenvalue weighted by Crippen LogP contribution is -2.22. The fourth-order valence-electron chi connectivity index (χ4n) is 3.97. The lowest BCUT2D eigenvalue weighted by atomic mass is 9.68. The van der Waals surface area contributed by atoms with Crippen LogP contribution in [-0.4, -0.2) is 17.7 Å². The maximum absolute atomic E-state index is 12.1. The van der Waals surface area contributed by atoms with Crippen LogP contribution >= 0.6 is 0 Å². The van der Waals surface area contributed by atoms with E-state index in [4.69, 9.17) is 4.74 Å². The van der Waals surface area contributed by atoms with Crippen molar-refractivity contribution in [2.45, 2.75) is 60.3 Å². The number of hydrogen-bond donors (Lipinski definition) is 1. The molecule has 0 unspecified atom stereocenters. The molecule has 3 nitrogen and oxygen atoms in total. The van der Waals surface area contributed by atoms with Crippen molar-refractivity contribution in [1.82, 2.24) is 0 Å².